The molecule has 19 heavy (non-hydrogen) atoms. The summed E-state index contributed by atoms with van der Waals surface area (Å²) in [6.07, 6.45) is 1.63. The summed E-state index contributed by atoms with van der Waals surface area (Å²) in [4.78, 5) is 32.0. The van der Waals surface area contributed by atoms with Crippen LogP contribution in [0.25, 0.3) is 10.7 Å². The minimum Gasteiger partial charge on any atom is -0.461 e. The highest BCUT2D eigenvalue weighted by molar-refractivity contribution is 7.17. The van der Waals surface area contributed by atoms with Crippen LogP contribution < -0.4 is 0 Å². The van der Waals surface area contributed by atoms with Crippen molar-refractivity contribution in [1.82, 2.24) is 9.97 Å². The number of pyridine rings is 1. The van der Waals surface area contributed by atoms with E-state index in [0.717, 1.165) is 11.3 Å². The van der Waals surface area contributed by atoms with Crippen molar-refractivity contribution in [2.45, 2.75) is 13.8 Å². The summed E-state index contributed by atoms with van der Waals surface area (Å²) in [5, 5.41) is 0.536. The lowest BCUT2D eigenvalue weighted by Crippen LogP contribution is -2.09. The molecule has 0 fully saturated rings. The van der Waals surface area contributed by atoms with Gasteiger partial charge in [-0.25, -0.2) is 9.78 Å². The van der Waals surface area contributed by atoms with E-state index in [1.54, 1.807) is 25.3 Å². The number of esters is 1. The Bertz CT molecular complexity index is 608. The standard InChI is InChI=1S/C13H12N2O3S/c1-3-18-13(17)10-11(8(2)16)19-12(15-10)9-6-4-5-7-14-9/h4-7H,3H2,1-2H3. The molecular formula is C13H12N2O3S. The molecule has 0 atom stereocenters. The molecule has 0 bridgehead atoms. The summed E-state index contributed by atoms with van der Waals surface area (Å²) < 4.78 is 4.90. The zero-order valence-electron chi connectivity index (χ0n) is 10.5. The number of carbonyl (C=O) groups is 2. The van der Waals surface area contributed by atoms with Crippen LogP contribution in [0, 0.1) is 0 Å². The first-order chi connectivity index (χ1) is 9.13. The number of hydrogen-bond acceptors (Lipinski definition) is 6. The molecule has 2 aromatic heterocycles. The van der Waals surface area contributed by atoms with Crippen LogP contribution in [0.3, 0.4) is 0 Å². The summed E-state index contributed by atoms with van der Waals surface area (Å²) in [5.74, 6) is -0.783. The fourth-order valence-corrected chi connectivity index (χ4v) is 2.42. The van der Waals surface area contributed by atoms with Crippen molar-refractivity contribution < 1.29 is 14.3 Å². The third-order valence-electron chi connectivity index (χ3n) is 2.30. The lowest BCUT2D eigenvalue weighted by molar-refractivity contribution is 0.0517. The largest absolute Gasteiger partial charge is 0.461 e. The van der Waals surface area contributed by atoms with Crippen LogP contribution in [-0.4, -0.2) is 28.3 Å². The lowest BCUT2D eigenvalue weighted by atomic mass is 10.3. The van der Waals surface area contributed by atoms with Crippen LogP contribution in [0.4, 0.5) is 0 Å². The molecule has 2 aromatic rings. The number of hydrogen-bond donors (Lipinski definition) is 0. The van der Waals surface area contributed by atoms with Gasteiger partial charge in [-0.1, -0.05) is 6.07 Å². The van der Waals surface area contributed by atoms with Gasteiger partial charge < -0.3 is 4.74 Å². The average Bonchev–Trinajstić information content (AvgIpc) is 2.85. The van der Waals surface area contributed by atoms with Gasteiger partial charge in [-0.2, -0.15) is 0 Å². The van der Waals surface area contributed by atoms with E-state index in [1.165, 1.54) is 6.92 Å². The van der Waals surface area contributed by atoms with Crippen LogP contribution in [-0.2, 0) is 4.74 Å². The first-order valence-electron chi connectivity index (χ1n) is 5.73. The van der Waals surface area contributed by atoms with Gasteiger partial charge in [-0.3, -0.25) is 9.78 Å². The average molecular weight is 276 g/mol. The van der Waals surface area contributed by atoms with Gasteiger partial charge in [-0.05, 0) is 19.1 Å². The predicted molar refractivity (Wildman–Crippen MR) is 71.3 cm³/mol. The molecule has 0 aliphatic rings. The molecule has 0 aliphatic carbocycles. The highest BCUT2D eigenvalue weighted by Gasteiger charge is 2.23. The van der Waals surface area contributed by atoms with Gasteiger partial charge in [-0.15, -0.1) is 11.3 Å². The first-order valence-corrected chi connectivity index (χ1v) is 6.55. The number of Topliss-reactive ketones (excluding diaryl/α,β-unsaturated/α-hetero) is 1. The zero-order chi connectivity index (χ0) is 13.8. The van der Waals surface area contributed by atoms with E-state index in [1.807, 2.05) is 6.07 Å². The summed E-state index contributed by atoms with van der Waals surface area (Å²) >= 11 is 1.15. The van der Waals surface area contributed by atoms with Gasteiger partial charge >= 0.3 is 5.97 Å². The maximum Gasteiger partial charge on any atom is 0.358 e. The van der Waals surface area contributed by atoms with Crippen LogP contribution in [0.5, 0.6) is 0 Å². The van der Waals surface area contributed by atoms with E-state index >= 15 is 0 Å². The molecule has 0 saturated carbocycles. The number of nitrogens with zero attached hydrogens (tertiary/aromatic N) is 2. The van der Waals surface area contributed by atoms with E-state index < -0.39 is 5.97 Å². The molecular weight excluding hydrogens is 264 g/mol. The minimum atomic E-state index is -0.578. The van der Waals surface area contributed by atoms with Crippen molar-refractivity contribution in [2.24, 2.45) is 0 Å². The smallest absolute Gasteiger partial charge is 0.358 e. The Morgan fingerprint density at radius 3 is 2.74 bits per heavy atom. The van der Waals surface area contributed by atoms with Gasteiger partial charge in [0.25, 0.3) is 0 Å². The Kier molecular flexibility index (Phi) is 4.01. The molecule has 2 rings (SSSR count). The molecule has 0 aliphatic heterocycles. The Labute approximate surface area is 114 Å². The van der Waals surface area contributed by atoms with Gasteiger partial charge in [0.15, 0.2) is 11.5 Å². The van der Waals surface area contributed by atoms with Crippen LogP contribution in [0.15, 0.2) is 24.4 Å². The highest BCUT2D eigenvalue weighted by Crippen LogP contribution is 2.27. The molecule has 0 saturated heterocycles. The lowest BCUT2D eigenvalue weighted by Gasteiger charge is -1.98. The number of ether oxygens (including phenoxy) is 1. The van der Waals surface area contributed by atoms with Crippen molar-refractivity contribution in [3.8, 4) is 10.7 Å². The van der Waals surface area contributed by atoms with E-state index in [-0.39, 0.29) is 18.1 Å². The van der Waals surface area contributed by atoms with Gasteiger partial charge in [0.1, 0.15) is 9.88 Å². The normalized spacial score (nSPS) is 10.2. The van der Waals surface area contributed by atoms with Crippen molar-refractivity contribution >= 4 is 23.1 Å². The second-order valence-corrected chi connectivity index (χ2v) is 4.69. The molecule has 0 amide bonds. The molecule has 6 heteroatoms. The molecule has 98 valence electrons. The Balaban J connectivity index is 2.47. The molecule has 0 N–H and O–H groups in total. The molecule has 0 aromatic carbocycles. The van der Waals surface area contributed by atoms with Gasteiger partial charge in [0.2, 0.25) is 0 Å². The second kappa shape index (κ2) is 5.71. The van der Waals surface area contributed by atoms with E-state index in [0.29, 0.717) is 15.6 Å². The molecule has 2 heterocycles. The van der Waals surface area contributed by atoms with Crippen LogP contribution >= 0.6 is 11.3 Å². The molecule has 0 unspecified atom stereocenters. The molecule has 0 spiro atoms. The SMILES string of the molecule is CCOC(=O)c1nc(-c2ccccn2)sc1C(C)=O. The van der Waals surface area contributed by atoms with E-state index in [4.69, 9.17) is 4.74 Å². The number of rotatable bonds is 4. The van der Waals surface area contributed by atoms with Crippen molar-refractivity contribution in [3.63, 3.8) is 0 Å². The number of aromatic nitrogens is 2. The fraction of sp³-hybridized carbons (Fsp3) is 0.231. The van der Waals surface area contributed by atoms with Crippen molar-refractivity contribution in [3.05, 3.63) is 35.0 Å². The third kappa shape index (κ3) is 2.85. The summed E-state index contributed by atoms with van der Waals surface area (Å²) in [5.41, 5.74) is 0.700. The van der Waals surface area contributed by atoms with Crippen LogP contribution in [0.1, 0.15) is 34.0 Å². The van der Waals surface area contributed by atoms with Crippen molar-refractivity contribution in [2.75, 3.05) is 6.61 Å². The maximum atomic E-state index is 11.8. The quantitative estimate of drug-likeness (QED) is 0.634. The Morgan fingerprint density at radius 2 is 2.16 bits per heavy atom. The predicted octanol–water partition coefficient (Wildman–Crippen LogP) is 2.58. The monoisotopic (exact) mass is 276 g/mol. The Hall–Kier alpha value is -2.08. The van der Waals surface area contributed by atoms with E-state index in [9.17, 15) is 9.59 Å². The van der Waals surface area contributed by atoms with Gasteiger partial charge in [0, 0.05) is 13.1 Å². The minimum absolute atomic E-state index is 0.0694. The van der Waals surface area contributed by atoms with Gasteiger partial charge in [0.05, 0.1) is 12.3 Å². The second-order valence-electron chi connectivity index (χ2n) is 3.69. The topological polar surface area (TPSA) is 69.2 Å². The summed E-state index contributed by atoms with van der Waals surface area (Å²) in [6.45, 7) is 3.35. The molecule has 5 nitrogen and oxygen atoms in total. The highest BCUT2D eigenvalue weighted by atomic mass is 32.1. The van der Waals surface area contributed by atoms with Crippen LogP contribution in [0.2, 0.25) is 0 Å². The zero-order valence-corrected chi connectivity index (χ0v) is 11.4. The first kappa shape index (κ1) is 13.4. The summed E-state index contributed by atoms with van der Waals surface area (Å²) in [7, 11) is 0. The maximum absolute atomic E-state index is 11.8. The molecule has 0 radical (unpaired) electrons. The number of thiazole rings is 1. The Morgan fingerprint density at radius 1 is 1.37 bits per heavy atom. The number of ketones is 1. The van der Waals surface area contributed by atoms with Crippen molar-refractivity contribution in [1.29, 1.82) is 0 Å². The summed E-state index contributed by atoms with van der Waals surface area (Å²) in [6, 6.07) is 5.38. The fourth-order valence-electron chi connectivity index (χ4n) is 1.50. The van der Waals surface area contributed by atoms with E-state index in [2.05, 4.69) is 9.97 Å². The third-order valence-corrected chi connectivity index (χ3v) is 3.48. The number of carbonyl (C=O) groups excluding carboxylic acids is 2.